The summed E-state index contributed by atoms with van der Waals surface area (Å²) >= 11 is 0. The number of nitrogens with zero attached hydrogens (tertiary/aromatic N) is 1. The molecule has 1 aliphatic heterocycles. The van der Waals surface area contributed by atoms with Crippen molar-refractivity contribution in [3.8, 4) is 0 Å². The lowest BCUT2D eigenvalue weighted by Gasteiger charge is -2.21. The average molecular weight is 210 g/mol. The van der Waals surface area contributed by atoms with Gasteiger partial charge < -0.3 is 10.2 Å². The highest BCUT2D eigenvalue weighted by molar-refractivity contribution is 4.83. The first-order chi connectivity index (χ1) is 7.36. The number of hydrogen-bond acceptors (Lipinski definition) is 2. The molecule has 15 heavy (non-hydrogen) atoms. The second-order valence-electron chi connectivity index (χ2n) is 5.34. The standard InChI is InChI=1S/C13H26N2/c1-12(13-6-7-13)14-8-11-15-9-4-2-3-5-10-15/h12-14H,2-11H2,1H3. The molecule has 2 aliphatic rings. The fourth-order valence-electron chi connectivity index (χ4n) is 2.57. The Bertz CT molecular complexity index is 169. The molecule has 0 aromatic rings. The molecule has 0 bridgehead atoms. The number of rotatable bonds is 5. The van der Waals surface area contributed by atoms with Crippen molar-refractivity contribution in [3.63, 3.8) is 0 Å². The first kappa shape index (κ1) is 11.4. The Morgan fingerprint density at radius 3 is 2.40 bits per heavy atom. The molecule has 1 saturated carbocycles. The van der Waals surface area contributed by atoms with E-state index in [0.717, 1.165) is 12.0 Å². The van der Waals surface area contributed by atoms with Crippen LogP contribution < -0.4 is 5.32 Å². The molecule has 0 amide bonds. The van der Waals surface area contributed by atoms with E-state index >= 15 is 0 Å². The summed E-state index contributed by atoms with van der Waals surface area (Å²) in [5, 5.41) is 3.67. The summed E-state index contributed by atoms with van der Waals surface area (Å²) in [6, 6.07) is 0.761. The van der Waals surface area contributed by atoms with Gasteiger partial charge in [0.05, 0.1) is 0 Å². The molecule has 88 valence electrons. The largest absolute Gasteiger partial charge is 0.313 e. The zero-order chi connectivity index (χ0) is 10.5. The van der Waals surface area contributed by atoms with Crippen LogP contribution >= 0.6 is 0 Å². The minimum absolute atomic E-state index is 0.761. The molecule has 2 fully saturated rings. The van der Waals surface area contributed by atoms with E-state index in [1.807, 2.05) is 0 Å². The molecule has 2 rings (SSSR count). The van der Waals surface area contributed by atoms with E-state index in [1.165, 1.54) is 64.7 Å². The Balaban J connectivity index is 1.55. The van der Waals surface area contributed by atoms with Gasteiger partial charge in [0.1, 0.15) is 0 Å². The first-order valence-electron chi connectivity index (χ1n) is 6.82. The van der Waals surface area contributed by atoms with Crippen molar-refractivity contribution in [2.24, 2.45) is 5.92 Å². The van der Waals surface area contributed by atoms with Crippen LogP contribution in [0, 0.1) is 5.92 Å². The Kier molecular flexibility index (Phi) is 4.45. The Hall–Kier alpha value is -0.0800. The molecule has 1 unspecified atom stereocenters. The highest BCUT2D eigenvalue weighted by atomic mass is 15.1. The lowest BCUT2D eigenvalue weighted by molar-refractivity contribution is 0.278. The van der Waals surface area contributed by atoms with E-state index in [-0.39, 0.29) is 0 Å². The highest BCUT2D eigenvalue weighted by Gasteiger charge is 2.27. The van der Waals surface area contributed by atoms with Crippen LogP contribution in [0.2, 0.25) is 0 Å². The maximum atomic E-state index is 3.67. The summed E-state index contributed by atoms with van der Waals surface area (Å²) in [5.41, 5.74) is 0. The van der Waals surface area contributed by atoms with Crippen molar-refractivity contribution >= 4 is 0 Å². The summed E-state index contributed by atoms with van der Waals surface area (Å²) in [5.74, 6) is 0.995. The number of nitrogens with one attached hydrogen (secondary N) is 1. The summed E-state index contributed by atoms with van der Waals surface area (Å²) < 4.78 is 0. The van der Waals surface area contributed by atoms with Crippen LogP contribution in [0.3, 0.4) is 0 Å². The fraction of sp³-hybridized carbons (Fsp3) is 1.00. The predicted octanol–water partition coefficient (Wildman–Crippen LogP) is 2.25. The number of hydrogen-bond donors (Lipinski definition) is 1. The molecule has 2 nitrogen and oxygen atoms in total. The van der Waals surface area contributed by atoms with Crippen LogP contribution in [-0.2, 0) is 0 Å². The van der Waals surface area contributed by atoms with Gasteiger partial charge in [-0.25, -0.2) is 0 Å². The van der Waals surface area contributed by atoms with Gasteiger partial charge in [-0.1, -0.05) is 12.8 Å². The van der Waals surface area contributed by atoms with Gasteiger partial charge in [0, 0.05) is 19.1 Å². The molecule has 0 radical (unpaired) electrons. The van der Waals surface area contributed by atoms with Crippen LogP contribution in [0.15, 0.2) is 0 Å². The van der Waals surface area contributed by atoms with Crippen molar-refractivity contribution in [1.82, 2.24) is 10.2 Å². The van der Waals surface area contributed by atoms with Crippen LogP contribution in [0.5, 0.6) is 0 Å². The molecule has 1 aliphatic carbocycles. The van der Waals surface area contributed by atoms with Gasteiger partial charge in [-0.05, 0) is 51.6 Å². The van der Waals surface area contributed by atoms with Gasteiger partial charge in [-0.2, -0.15) is 0 Å². The van der Waals surface area contributed by atoms with Crippen LogP contribution in [-0.4, -0.2) is 37.1 Å². The smallest absolute Gasteiger partial charge is 0.0107 e. The van der Waals surface area contributed by atoms with E-state index in [0.29, 0.717) is 0 Å². The van der Waals surface area contributed by atoms with Gasteiger partial charge in [-0.15, -0.1) is 0 Å². The van der Waals surface area contributed by atoms with E-state index in [1.54, 1.807) is 0 Å². The summed E-state index contributed by atoms with van der Waals surface area (Å²) in [4.78, 5) is 2.64. The minimum atomic E-state index is 0.761. The van der Waals surface area contributed by atoms with Gasteiger partial charge in [0.15, 0.2) is 0 Å². The van der Waals surface area contributed by atoms with Crippen LogP contribution in [0.1, 0.15) is 45.4 Å². The third-order valence-corrected chi connectivity index (χ3v) is 3.92. The zero-order valence-corrected chi connectivity index (χ0v) is 10.2. The Labute approximate surface area is 94.4 Å². The maximum Gasteiger partial charge on any atom is 0.0107 e. The van der Waals surface area contributed by atoms with Crippen molar-refractivity contribution in [3.05, 3.63) is 0 Å². The van der Waals surface area contributed by atoms with Crippen molar-refractivity contribution in [2.75, 3.05) is 26.2 Å². The molecule has 2 heteroatoms. The summed E-state index contributed by atoms with van der Waals surface area (Å²) in [6.07, 6.45) is 8.64. The van der Waals surface area contributed by atoms with E-state index in [2.05, 4.69) is 17.1 Å². The van der Waals surface area contributed by atoms with Crippen LogP contribution in [0.4, 0.5) is 0 Å². The predicted molar refractivity (Wildman–Crippen MR) is 65.1 cm³/mol. The Morgan fingerprint density at radius 1 is 1.13 bits per heavy atom. The third kappa shape index (κ3) is 4.12. The van der Waals surface area contributed by atoms with E-state index < -0.39 is 0 Å². The molecule has 0 spiro atoms. The SMILES string of the molecule is CC(NCCN1CCCCCC1)C1CC1. The summed E-state index contributed by atoms with van der Waals surface area (Å²) in [7, 11) is 0. The lowest BCUT2D eigenvalue weighted by Crippen LogP contribution is -2.37. The molecule has 1 atom stereocenters. The normalized spacial score (nSPS) is 26.2. The number of likely N-dealkylation sites (tertiary alicyclic amines) is 1. The molecule has 1 heterocycles. The fourth-order valence-corrected chi connectivity index (χ4v) is 2.57. The van der Waals surface area contributed by atoms with E-state index in [9.17, 15) is 0 Å². The Morgan fingerprint density at radius 2 is 1.80 bits per heavy atom. The zero-order valence-electron chi connectivity index (χ0n) is 10.2. The van der Waals surface area contributed by atoms with Gasteiger partial charge in [-0.3, -0.25) is 0 Å². The van der Waals surface area contributed by atoms with Crippen molar-refractivity contribution in [1.29, 1.82) is 0 Å². The second kappa shape index (κ2) is 5.86. The topological polar surface area (TPSA) is 15.3 Å². The molecular weight excluding hydrogens is 184 g/mol. The second-order valence-corrected chi connectivity index (χ2v) is 5.34. The molecule has 0 aromatic heterocycles. The third-order valence-electron chi connectivity index (χ3n) is 3.92. The van der Waals surface area contributed by atoms with Gasteiger partial charge in [0.2, 0.25) is 0 Å². The van der Waals surface area contributed by atoms with Gasteiger partial charge in [0.25, 0.3) is 0 Å². The molecule has 1 N–H and O–H groups in total. The quantitative estimate of drug-likeness (QED) is 0.749. The highest BCUT2D eigenvalue weighted by Crippen LogP contribution is 2.32. The minimum Gasteiger partial charge on any atom is -0.313 e. The van der Waals surface area contributed by atoms with Crippen molar-refractivity contribution < 1.29 is 0 Å². The average Bonchev–Trinajstić information content (AvgIpc) is 3.06. The lowest BCUT2D eigenvalue weighted by atomic mass is 10.2. The monoisotopic (exact) mass is 210 g/mol. The summed E-state index contributed by atoms with van der Waals surface area (Å²) in [6.45, 7) is 7.47. The molecular formula is C13H26N2. The first-order valence-corrected chi connectivity index (χ1v) is 6.82. The molecule has 1 saturated heterocycles. The van der Waals surface area contributed by atoms with Crippen molar-refractivity contribution in [2.45, 2.75) is 51.5 Å². The maximum absolute atomic E-state index is 3.67. The van der Waals surface area contributed by atoms with E-state index in [4.69, 9.17) is 0 Å². The molecule has 0 aromatic carbocycles. The van der Waals surface area contributed by atoms with Crippen LogP contribution in [0.25, 0.3) is 0 Å². The van der Waals surface area contributed by atoms with Gasteiger partial charge >= 0.3 is 0 Å².